The van der Waals surface area contributed by atoms with E-state index in [2.05, 4.69) is 4.74 Å². The Kier molecular flexibility index (Phi) is 5.39. The van der Waals surface area contributed by atoms with E-state index < -0.39 is 0 Å². The zero-order valence-corrected chi connectivity index (χ0v) is 11.0. The lowest BCUT2D eigenvalue weighted by Gasteiger charge is -2.07. The topological polar surface area (TPSA) is 26.3 Å². The summed E-state index contributed by atoms with van der Waals surface area (Å²) in [6, 6.07) is 3.54. The van der Waals surface area contributed by atoms with Crippen molar-refractivity contribution >= 4 is 40.8 Å². The molecular weight excluding hydrogens is 270 g/mol. The quantitative estimate of drug-likeness (QED) is 0.619. The lowest BCUT2D eigenvalue weighted by Crippen LogP contribution is -2.02. The lowest BCUT2D eigenvalue weighted by atomic mass is 10.1. The predicted molar refractivity (Wildman–Crippen MR) is 66.4 cm³/mol. The van der Waals surface area contributed by atoms with E-state index in [1.165, 1.54) is 7.11 Å². The monoisotopic (exact) mass is 280 g/mol. The van der Waals surface area contributed by atoms with Crippen LogP contribution in [-0.2, 0) is 21.8 Å². The first-order valence-corrected chi connectivity index (χ1v) is 5.97. The minimum atomic E-state index is -0.256. The van der Waals surface area contributed by atoms with Crippen LogP contribution in [0.1, 0.15) is 17.5 Å². The van der Waals surface area contributed by atoms with Gasteiger partial charge in [0, 0.05) is 22.0 Å². The third-order valence-corrected chi connectivity index (χ3v) is 3.12. The average Bonchev–Trinajstić information content (AvgIpc) is 2.25. The first kappa shape index (κ1) is 13.6. The van der Waals surface area contributed by atoms with Gasteiger partial charge in [0.1, 0.15) is 0 Å². The molecular formula is C11H11Cl3O2. The first-order chi connectivity index (χ1) is 7.58. The maximum absolute atomic E-state index is 11.0. The highest BCUT2D eigenvalue weighted by molar-refractivity contribution is 6.37. The molecule has 0 aliphatic heterocycles. The van der Waals surface area contributed by atoms with Gasteiger partial charge in [-0.3, -0.25) is 4.79 Å². The summed E-state index contributed by atoms with van der Waals surface area (Å²) in [7, 11) is 1.36. The summed E-state index contributed by atoms with van der Waals surface area (Å²) < 4.78 is 4.55. The van der Waals surface area contributed by atoms with Gasteiger partial charge in [0.05, 0.1) is 13.0 Å². The van der Waals surface area contributed by atoms with Crippen LogP contribution in [0.25, 0.3) is 0 Å². The van der Waals surface area contributed by atoms with Crippen LogP contribution in [-0.4, -0.2) is 13.1 Å². The Morgan fingerprint density at radius 2 is 1.88 bits per heavy atom. The van der Waals surface area contributed by atoms with E-state index in [0.29, 0.717) is 28.5 Å². The van der Waals surface area contributed by atoms with Crippen LogP contribution in [0.3, 0.4) is 0 Å². The fraction of sp³-hybridized carbons (Fsp3) is 0.364. The van der Waals surface area contributed by atoms with E-state index in [1.807, 2.05) is 0 Å². The van der Waals surface area contributed by atoms with Crippen LogP contribution in [0.4, 0.5) is 0 Å². The number of benzene rings is 1. The molecule has 1 aromatic rings. The van der Waals surface area contributed by atoms with E-state index in [0.717, 1.165) is 5.56 Å². The molecule has 2 nitrogen and oxygen atoms in total. The van der Waals surface area contributed by atoms with E-state index in [4.69, 9.17) is 34.8 Å². The normalized spacial score (nSPS) is 10.2. The molecule has 1 rings (SSSR count). The minimum Gasteiger partial charge on any atom is -0.469 e. The highest BCUT2D eigenvalue weighted by Gasteiger charge is 2.08. The number of esters is 1. The molecule has 5 heteroatoms. The van der Waals surface area contributed by atoms with Crippen LogP contribution in [0.5, 0.6) is 0 Å². The Bertz CT molecular complexity index is 368. The second-order valence-corrected chi connectivity index (χ2v) is 4.33. The van der Waals surface area contributed by atoms with Crippen molar-refractivity contribution in [2.75, 3.05) is 7.11 Å². The summed E-state index contributed by atoms with van der Waals surface area (Å²) in [5.41, 5.74) is 1.61. The Morgan fingerprint density at radius 1 is 1.31 bits per heavy atom. The highest BCUT2D eigenvalue weighted by atomic mass is 35.5. The molecule has 88 valence electrons. The Balaban J connectivity index is 2.79. The summed E-state index contributed by atoms with van der Waals surface area (Å²) >= 11 is 17.7. The highest BCUT2D eigenvalue weighted by Crippen LogP contribution is 2.28. The predicted octanol–water partition coefficient (Wildman–Crippen LogP) is 3.84. The molecule has 0 saturated carbocycles. The summed E-state index contributed by atoms with van der Waals surface area (Å²) in [5, 5.41) is 1.06. The van der Waals surface area contributed by atoms with Gasteiger partial charge in [-0.15, -0.1) is 11.6 Å². The Morgan fingerprint density at radius 3 is 2.31 bits per heavy atom. The average molecular weight is 282 g/mol. The SMILES string of the molecule is COC(=O)CCc1cc(Cl)c(CCl)c(Cl)c1. The van der Waals surface area contributed by atoms with Crippen molar-refractivity contribution in [2.45, 2.75) is 18.7 Å². The number of halogens is 3. The number of rotatable bonds is 4. The summed E-state index contributed by atoms with van der Waals surface area (Å²) in [6.07, 6.45) is 0.859. The Hall–Kier alpha value is -0.440. The summed E-state index contributed by atoms with van der Waals surface area (Å²) in [6.45, 7) is 0. The van der Waals surface area contributed by atoms with Gasteiger partial charge in [0.25, 0.3) is 0 Å². The zero-order chi connectivity index (χ0) is 12.1. The van der Waals surface area contributed by atoms with Crippen LogP contribution >= 0.6 is 34.8 Å². The molecule has 0 unspecified atom stereocenters. The second kappa shape index (κ2) is 6.33. The van der Waals surface area contributed by atoms with Gasteiger partial charge in [0.15, 0.2) is 0 Å². The lowest BCUT2D eigenvalue weighted by molar-refractivity contribution is -0.140. The number of hydrogen-bond donors (Lipinski definition) is 0. The van der Waals surface area contributed by atoms with Crippen LogP contribution in [0, 0.1) is 0 Å². The molecule has 0 aliphatic rings. The van der Waals surface area contributed by atoms with Crippen molar-refractivity contribution in [3.63, 3.8) is 0 Å². The van der Waals surface area contributed by atoms with Crippen molar-refractivity contribution in [2.24, 2.45) is 0 Å². The number of methoxy groups -OCH3 is 1. The maximum Gasteiger partial charge on any atom is 0.305 e. The van der Waals surface area contributed by atoms with Gasteiger partial charge in [-0.1, -0.05) is 23.2 Å². The molecule has 0 fully saturated rings. The van der Waals surface area contributed by atoms with Gasteiger partial charge < -0.3 is 4.74 Å². The molecule has 1 aromatic carbocycles. The second-order valence-electron chi connectivity index (χ2n) is 3.25. The number of carbonyl (C=O) groups excluding carboxylic acids is 1. The van der Waals surface area contributed by atoms with E-state index >= 15 is 0 Å². The maximum atomic E-state index is 11.0. The number of hydrogen-bond acceptors (Lipinski definition) is 2. The number of ether oxygens (including phenoxy) is 1. The largest absolute Gasteiger partial charge is 0.469 e. The summed E-state index contributed by atoms with van der Waals surface area (Å²) in [4.78, 5) is 11.0. The fourth-order valence-electron chi connectivity index (χ4n) is 1.28. The van der Waals surface area contributed by atoms with Crippen molar-refractivity contribution in [1.82, 2.24) is 0 Å². The zero-order valence-electron chi connectivity index (χ0n) is 8.73. The van der Waals surface area contributed by atoms with Crippen LogP contribution < -0.4 is 0 Å². The Labute approximate surface area is 109 Å². The fourth-order valence-corrected chi connectivity index (χ4v) is 2.37. The minimum absolute atomic E-state index is 0.256. The van der Waals surface area contributed by atoms with E-state index in [-0.39, 0.29) is 11.8 Å². The van der Waals surface area contributed by atoms with E-state index in [1.54, 1.807) is 12.1 Å². The molecule has 0 aliphatic carbocycles. The molecule has 16 heavy (non-hydrogen) atoms. The van der Waals surface area contributed by atoms with Crippen molar-refractivity contribution in [3.05, 3.63) is 33.3 Å². The number of alkyl halides is 1. The molecule has 0 amide bonds. The van der Waals surface area contributed by atoms with Crippen molar-refractivity contribution < 1.29 is 9.53 Å². The van der Waals surface area contributed by atoms with E-state index in [9.17, 15) is 4.79 Å². The third kappa shape index (κ3) is 3.55. The van der Waals surface area contributed by atoms with Crippen molar-refractivity contribution in [1.29, 1.82) is 0 Å². The van der Waals surface area contributed by atoms with Gasteiger partial charge in [-0.2, -0.15) is 0 Å². The summed E-state index contributed by atoms with van der Waals surface area (Å²) in [5.74, 6) is 0.0169. The molecule has 0 radical (unpaired) electrons. The molecule has 0 spiro atoms. The van der Waals surface area contributed by atoms with Gasteiger partial charge >= 0.3 is 5.97 Å². The third-order valence-electron chi connectivity index (χ3n) is 2.18. The molecule has 0 aromatic heterocycles. The van der Waals surface area contributed by atoms with Gasteiger partial charge in [-0.05, 0) is 24.1 Å². The van der Waals surface area contributed by atoms with Crippen LogP contribution in [0.15, 0.2) is 12.1 Å². The van der Waals surface area contributed by atoms with Crippen LogP contribution in [0.2, 0.25) is 10.0 Å². The smallest absolute Gasteiger partial charge is 0.305 e. The molecule has 0 heterocycles. The van der Waals surface area contributed by atoms with Gasteiger partial charge in [0.2, 0.25) is 0 Å². The molecule has 0 bridgehead atoms. The first-order valence-electron chi connectivity index (χ1n) is 4.68. The standard InChI is InChI=1S/C11H11Cl3O2/c1-16-11(15)3-2-7-4-9(13)8(6-12)10(14)5-7/h4-5H,2-3,6H2,1H3. The molecule has 0 saturated heterocycles. The number of aryl methyl sites for hydroxylation is 1. The molecule has 0 atom stereocenters. The number of carbonyl (C=O) groups is 1. The van der Waals surface area contributed by atoms with Crippen molar-refractivity contribution in [3.8, 4) is 0 Å². The molecule has 0 N–H and O–H groups in total. The van der Waals surface area contributed by atoms with Gasteiger partial charge in [-0.25, -0.2) is 0 Å².